The molecule has 1 unspecified atom stereocenters. The van der Waals surface area contributed by atoms with E-state index in [1.807, 2.05) is 0 Å². The zero-order valence-corrected chi connectivity index (χ0v) is 16.1. The van der Waals surface area contributed by atoms with Crippen LogP contribution in [0.2, 0.25) is 0 Å². The number of carboxylic acid groups (broad SMARTS) is 2. The van der Waals surface area contributed by atoms with Crippen molar-refractivity contribution in [3.63, 3.8) is 0 Å². The summed E-state index contributed by atoms with van der Waals surface area (Å²) in [6.07, 6.45) is 5.84. The molecular formula is C13H22BaO4. The molecule has 0 aromatic heterocycles. The number of carbonyl (C=O) groups is 2. The predicted molar refractivity (Wildman–Crippen MR) is 66.4 cm³/mol. The molecule has 0 saturated carbocycles. The molecule has 0 saturated heterocycles. The van der Waals surface area contributed by atoms with Gasteiger partial charge in [-0.1, -0.05) is 46.0 Å². The zero-order chi connectivity index (χ0) is 13.5. The quantitative estimate of drug-likeness (QED) is 0.323. The number of hydrogen-bond acceptors (Lipinski definition) is 4. The first-order chi connectivity index (χ1) is 7.87. The Balaban J connectivity index is 0. The third-order valence-electron chi connectivity index (χ3n) is 3.57. The molecule has 0 heterocycles. The number of rotatable bonds is 9. The first-order valence-electron chi connectivity index (χ1n) is 6.30. The molecule has 0 aliphatic rings. The molecule has 0 aliphatic heterocycles. The first-order valence-corrected chi connectivity index (χ1v) is 6.30. The molecule has 18 heavy (non-hydrogen) atoms. The molecule has 1 atom stereocenters. The standard InChI is InChI=1S/C13H24O4.Ba/c1-4-5-6-7-8-9-10(2)13(3,11(14)15)12(16)17;/h10H,4-9H2,1-3H3,(H,14,15)(H,16,17);/q;+2/p-2. The summed E-state index contributed by atoms with van der Waals surface area (Å²) in [6.45, 7) is 4.92. The van der Waals surface area contributed by atoms with Crippen molar-refractivity contribution in [3.8, 4) is 0 Å². The van der Waals surface area contributed by atoms with Gasteiger partial charge in [-0.05, 0) is 19.3 Å². The minimum Gasteiger partial charge on any atom is -0.549 e. The van der Waals surface area contributed by atoms with Crippen molar-refractivity contribution < 1.29 is 19.8 Å². The Hall–Kier alpha value is 0.511. The summed E-state index contributed by atoms with van der Waals surface area (Å²) in [6, 6.07) is 0. The maximum Gasteiger partial charge on any atom is 2.00 e. The molecule has 0 aromatic rings. The van der Waals surface area contributed by atoms with Crippen molar-refractivity contribution in [2.45, 2.75) is 59.3 Å². The van der Waals surface area contributed by atoms with E-state index in [0.717, 1.165) is 32.1 Å². The Bertz CT molecular complexity index is 252. The summed E-state index contributed by atoms with van der Waals surface area (Å²) >= 11 is 0. The van der Waals surface area contributed by atoms with Crippen molar-refractivity contribution in [2.75, 3.05) is 0 Å². The zero-order valence-electron chi connectivity index (χ0n) is 11.7. The molecule has 0 rings (SSSR count). The number of hydrogen-bond donors (Lipinski definition) is 0. The van der Waals surface area contributed by atoms with E-state index >= 15 is 0 Å². The summed E-state index contributed by atoms with van der Waals surface area (Å²) in [5.41, 5.74) is -1.88. The average molecular weight is 380 g/mol. The van der Waals surface area contributed by atoms with E-state index in [-0.39, 0.29) is 48.9 Å². The molecule has 0 fully saturated rings. The van der Waals surface area contributed by atoms with Gasteiger partial charge in [0.15, 0.2) is 0 Å². The summed E-state index contributed by atoms with van der Waals surface area (Å²) in [7, 11) is 0. The van der Waals surface area contributed by atoms with E-state index in [1.165, 1.54) is 6.92 Å². The fourth-order valence-electron chi connectivity index (χ4n) is 1.83. The van der Waals surface area contributed by atoms with Crippen LogP contribution in [0.1, 0.15) is 59.3 Å². The second-order valence-electron chi connectivity index (χ2n) is 4.88. The molecule has 0 aliphatic carbocycles. The largest absolute Gasteiger partial charge is 2.00 e. The number of carbonyl (C=O) groups excluding carboxylic acids is 2. The van der Waals surface area contributed by atoms with Crippen molar-refractivity contribution in [1.29, 1.82) is 0 Å². The Morgan fingerprint density at radius 2 is 1.50 bits per heavy atom. The minimum atomic E-state index is -1.88. The van der Waals surface area contributed by atoms with E-state index in [1.54, 1.807) is 6.92 Å². The van der Waals surface area contributed by atoms with Crippen molar-refractivity contribution >= 4 is 60.8 Å². The minimum absolute atomic E-state index is 0. The third kappa shape index (κ3) is 6.10. The van der Waals surface area contributed by atoms with Crippen LogP contribution < -0.4 is 10.2 Å². The smallest absolute Gasteiger partial charge is 0.549 e. The van der Waals surface area contributed by atoms with Gasteiger partial charge in [0.2, 0.25) is 0 Å². The average Bonchev–Trinajstić information content (AvgIpc) is 2.26. The molecule has 0 aromatic carbocycles. The molecule has 0 spiro atoms. The topological polar surface area (TPSA) is 80.3 Å². The van der Waals surface area contributed by atoms with Gasteiger partial charge >= 0.3 is 48.9 Å². The molecule has 0 N–H and O–H groups in total. The summed E-state index contributed by atoms with van der Waals surface area (Å²) in [5.74, 6) is -3.59. The molecule has 0 amide bonds. The third-order valence-corrected chi connectivity index (χ3v) is 3.57. The van der Waals surface area contributed by atoms with Gasteiger partial charge in [-0.3, -0.25) is 0 Å². The van der Waals surface area contributed by atoms with E-state index in [0.29, 0.717) is 6.42 Å². The Morgan fingerprint density at radius 1 is 1.06 bits per heavy atom. The number of carboxylic acids is 2. The van der Waals surface area contributed by atoms with Crippen molar-refractivity contribution in [1.82, 2.24) is 0 Å². The van der Waals surface area contributed by atoms with Crippen molar-refractivity contribution in [3.05, 3.63) is 0 Å². The molecule has 0 radical (unpaired) electrons. The summed E-state index contributed by atoms with van der Waals surface area (Å²) in [5, 5.41) is 21.8. The van der Waals surface area contributed by atoms with Crippen molar-refractivity contribution in [2.24, 2.45) is 11.3 Å². The fourth-order valence-corrected chi connectivity index (χ4v) is 1.83. The normalized spacial score (nSPS) is 12.6. The van der Waals surface area contributed by atoms with Crippen LogP contribution in [-0.4, -0.2) is 60.8 Å². The van der Waals surface area contributed by atoms with Crippen LogP contribution in [0.15, 0.2) is 0 Å². The van der Waals surface area contributed by atoms with E-state index in [4.69, 9.17) is 0 Å². The molecule has 0 bridgehead atoms. The van der Waals surface area contributed by atoms with Gasteiger partial charge in [-0.15, -0.1) is 0 Å². The summed E-state index contributed by atoms with van der Waals surface area (Å²) in [4.78, 5) is 21.8. The molecule has 5 heteroatoms. The van der Waals surface area contributed by atoms with Crippen LogP contribution in [0.3, 0.4) is 0 Å². The second-order valence-corrected chi connectivity index (χ2v) is 4.88. The van der Waals surface area contributed by atoms with Gasteiger partial charge in [0.25, 0.3) is 0 Å². The fraction of sp³-hybridized carbons (Fsp3) is 0.846. The Labute approximate surface area is 150 Å². The molecule has 100 valence electrons. The van der Waals surface area contributed by atoms with Gasteiger partial charge in [0.05, 0.1) is 11.9 Å². The summed E-state index contributed by atoms with van der Waals surface area (Å²) < 4.78 is 0. The van der Waals surface area contributed by atoms with Crippen LogP contribution >= 0.6 is 0 Å². The van der Waals surface area contributed by atoms with E-state index < -0.39 is 23.3 Å². The maximum absolute atomic E-state index is 10.9. The van der Waals surface area contributed by atoms with Crippen LogP contribution in [0, 0.1) is 11.3 Å². The monoisotopic (exact) mass is 380 g/mol. The van der Waals surface area contributed by atoms with Gasteiger partial charge in [-0.25, -0.2) is 0 Å². The van der Waals surface area contributed by atoms with Gasteiger partial charge in [0.1, 0.15) is 0 Å². The van der Waals surface area contributed by atoms with E-state index in [2.05, 4.69) is 6.92 Å². The van der Waals surface area contributed by atoms with Crippen LogP contribution in [0.5, 0.6) is 0 Å². The number of unbranched alkanes of at least 4 members (excludes halogenated alkanes) is 4. The number of aliphatic carboxylic acids is 2. The van der Waals surface area contributed by atoms with Crippen LogP contribution in [0.4, 0.5) is 0 Å². The van der Waals surface area contributed by atoms with E-state index in [9.17, 15) is 19.8 Å². The predicted octanol–water partition coefficient (Wildman–Crippen LogP) is 0.108. The van der Waals surface area contributed by atoms with Gasteiger partial charge < -0.3 is 19.8 Å². The Morgan fingerprint density at radius 3 is 1.89 bits per heavy atom. The van der Waals surface area contributed by atoms with Crippen LogP contribution in [-0.2, 0) is 9.59 Å². The first kappa shape index (κ1) is 20.8. The molecular weight excluding hydrogens is 357 g/mol. The second kappa shape index (κ2) is 10.3. The van der Waals surface area contributed by atoms with Gasteiger partial charge in [-0.2, -0.15) is 0 Å². The SMILES string of the molecule is CCCCCCCC(C)C(C)(C(=O)[O-])C(=O)[O-].[Ba+2]. The molecule has 4 nitrogen and oxygen atoms in total. The van der Waals surface area contributed by atoms with Gasteiger partial charge in [0, 0.05) is 5.41 Å². The van der Waals surface area contributed by atoms with Crippen LogP contribution in [0.25, 0.3) is 0 Å². The maximum atomic E-state index is 10.9. The Kier molecular flexibility index (Phi) is 11.9.